The lowest BCUT2D eigenvalue weighted by Gasteiger charge is -2.26. The van der Waals surface area contributed by atoms with E-state index >= 15 is 0 Å². The van der Waals surface area contributed by atoms with Crippen molar-refractivity contribution in [3.8, 4) is 0 Å². The summed E-state index contributed by atoms with van der Waals surface area (Å²) in [6.07, 6.45) is 6.51. The highest BCUT2D eigenvalue weighted by atomic mass is 16.5. The maximum Gasteiger partial charge on any atom is 0.234 e. The molecule has 21 heavy (non-hydrogen) atoms. The number of benzene rings is 1. The highest BCUT2D eigenvalue weighted by Crippen LogP contribution is 2.32. The quantitative estimate of drug-likeness (QED) is 0.807. The number of nitrogens with two attached hydrogens (primary N) is 1. The maximum absolute atomic E-state index is 11.4. The molecule has 0 bridgehead atoms. The number of nitrogens with one attached hydrogen (secondary N) is 1. The third-order valence-electron chi connectivity index (χ3n) is 4.40. The minimum Gasteiger partial charge on any atom is -0.373 e. The Kier molecular flexibility index (Phi) is 4.56. The molecule has 2 aliphatic carbocycles. The van der Waals surface area contributed by atoms with Gasteiger partial charge in [-0.3, -0.25) is 4.79 Å². The zero-order chi connectivity index (χ0) is 14.7. The fourth-order valence-electron chi connectivity index (χ4n) is 3.05. The van der Waals surface area contributed by atoms with Gasteiger partial charge >= 0.3 is 0 Å². The van der Waals surface area contributed by atoms with Crippen LogP contribution < -0.4 is 11.1 Å². The molecule has 1 saturated carbocycles. The molecular formula is C17H24N2O2. The van der Waals surface area contributed by atoms with Crippen LogP contribution in [0.3, 0.4) is 0 Å². The minimum absolute atomic E-state index is 0.171. The molecule has 3 N–H and O–H groups in total. The van der Waals surface area contributed by atoms with E-state index < -0.39 is 0 Å². The minimum atomic E-state index is -0.269. The topological polar surface area (TPSA) is 64.4 Å². The van der Waals surface area contributed by atoms with E-state index in [1.165, 1.54) is 17.5 Å². The first kappa shape index (κ1) is 14.5. The van der Waals surface area contributed by atoms with Gasteiger partial charge in [0.1, 0.15) is 0 Å². The van der Waals surface area contributed by atoms with Crippen LogP contribution in [0, 0.1) is 0 Å². The second-order valence-corrected chi connectivity index (χ2v) is 6.14. The molecule has 4 nitrogen and oxygen atoms in total. The van der Waals surface area contributed by atoms with Crippen molar-refractivity contribution in [3.05, 3.63) is 35.4 Å². The Morgan fingerprint density at radius 3 is 2.90 bits per heavy atom. The SMILES string of the molecule is NC(=O)C(CCOC1CCCc2ccccc21)NC1CC1. The Labute approximate surface area is 126 Å². The number of primary amides is 1. The lowest BCUT2D eigenvalue weighted by atomic mass is 9.89. The highest BCUT2D eigenvalue weighted by Gasteiger charge is 2.27. The van der Waals surface area contributed by atoms with Crippen molar-refractivity contribution in [1.82, 2.24) is 5.32 Å². The maximum atomic E-state index is 11.4. The predicted molar refractivity (Wildman–Crippen MR) is 81.8 cm³/mol. The first-order valence-corrected chi connectivity index (χ1v) is 7.99. The normalized spacial score (nSPS) is 22.6. The molecule has 1 fully saturated rings. The molecule has 0 spiro atoms. The Bertz CT molecular complexity index is 499. The number of hydrogen-bond acceptors (Lipinski definition) is 3. The van der Waals surface area contributed by atoms with Crippen LogP contribution in [0.5, 0.6) is 0 Å². The van der Waals surface area contributed by atoms with Crippen molar-refractivity contribution in [2.45, 2.75) is 56.7 Å². The average molecular weight is 288 g/mol. The number of ether oxygens (including phenoxy) is 1. The molecule has 2 unspecified atom stereocenters. The smallest absolute Gasteiger partial charge is 0.234 e. The fraction of sp³-hybridized carbons (Fsp3) is 0.588. The van der Waals surface area contributed by atoms with E-state index in [-0.39, 0.29) is 18.1 Å². The van der Waals surface area contributed by atoms with Crippen LogP contribution in [-0.4, -0.2) is 24.6 Å². The fourth-order valence-corrected chi connectivity index (χ4v) is 3.05. The Morgan fingerprint density at radius 1 is 1.33 bits per heavy atom. The molecular weight excluding hydrogens is 264 g/mol. The van der Waals surface area contributed by atoms with Crippen molar-refractivity contribution < 1.29 is 9.53 Å². The number of rotatable bonds is 7. The van der Waals surface area contributed by atoms with Crippen LogP contribution in [-0.2, 0) is 16.0 Å². The molecule has 2 atom stereocenters. The zero-order valence-corrected chi connectivity index (χ0v) is 12.4. The summed E-state index contributed by atoms with van der Waals surface area (Å²) in [5, 5.41) is 3.29. The van der Waals surface area contributed by atoms with Gasteiger partial charge < -0.3 is 15.8 Å². The summed E-state index contributed by atoms with van der Waals surface area (Å²) < 4.78 is 6.04. The molecule has 0 saturated heterocycles. The van der Waals surface area contributed by atoms with E-state index in [1.54, 1.807) is 0 Å². The number of hydrogen-bond donors (Lipinski definition) is 2. The van der Waals surface area contributed by atoms with Gasteiger partial charge in [-0.1, -0.05) is 24.3 Å². The molecule has 1 aromatic rings. The van der Waals surface area contributed by atoms with Crippen molar-refractivity contribution >= 4 is 5.91 Å². The first-order chi connectivity index (χ1) is 10.2. The third kappa shape index (κ3) is 3.83. The van der Waals surface area contributed by atoms with Gasteiger partial charge in [-0.2, -0.15) is 0 Å². The Morgan fingerprint density at radius 2 is 2.14 bits per heavy atom. The van der Waals surface area contributed by atoms with Gasteiger partial charge in [0.15, 0.2) is 0 Å². The largest absolute Gasteiger partial charge is 0.373 e. The number of fused-ring (bicyclic) bond motifs is 1. The number of aryl methyl sites for hydroxylation is 1. The van der Waals surface area contributed by atoms with E-state index in [4.69, 9.17) is 10.5 Å². The molecule has 2 aliphatic rings. The average Bonchev–Trinajstić information content (AvgIpc) is 3.30. The number of carbonyl (C=O) groups is 1. The Hall–Kier alpha value is -1.39. The van der Waals surface area contributed by atoms with E-state index in [2.05, 4.69) is 29.6 Å². The standard InChI is InChI=1S/C17H24N2O2/c18-17(20)15(19-13-8-9-13)10-11-21-16-7-3-5-12-4-1-2-6-14(12)16/h1-2,4,6,13,15-16,19H,3,5,7-11H2,(H2,18,20). The number of amides is 1. The van der Waals surface area contributed by atoms with E-state index in [0.29, 0.717) is 19.1 Å². The van der Waals surface area contributed by atoms with E-state index in [1.807, 2.05) is 0 Å². The van der Waals surface area contributed by atoms with Crippen LogP contribution in [0.15, 0.2) is 24.3 Å². The van der Waals surface area contributed by atoms with Crippen molar-refractivity contribution in [3.63, 3.8) is 0 Å². The van der Waals surface area contributed by atoms with Crippen LogP contribution >= 0.6 is 0 Å². The molecule has 0 radical (unpaired) electrons. The molecule has 4 heteroatoms. The monoisotopic (exact) mass is 288 g/mol. The van der Waals surface area contributed by atoms with E-state index in [9.17, 15) is 4.79 Å². The van der Waals surface area contributed by atoms with Gasteiger partial charge in [-0.05, 0) is 49.7 Å². The summed E-state index contributed by atoms with van der Waals surface area (Å²) in [5.41, 5.74) is 8.17. The summed E-state index contributed by atoms with van der Waals surface area (Å²) in [4.78, 5) is 11.4. The summed E-state index contributed by atoms with van der Waals surface area (Å²) in [7, 11) is 0. The summed E-state index contributed by atoms with van der Waals surface area (Å²) in [5.74, 6) is -0.269. The molecule has 1 amide bonds. The van der Waals surface area contributed by atoms with Gasteiger partial charge in [0.25, 0.3) is 0 Å². The van der Waals surface area contributed by atoms with Gasteiger partial charge in [-0.15, -0.1) is 0 Å². The van der Waals surface area contributed by atoms with Crippen molar-refractivity contribution in [2.24, 2.45) is 5.73 Å². The second-order valence-electron chi connectivity index (χ2n) is 6.14. The molecule has 0 aromatic heterocycles. The third-order valence-corrected chi connectivity index (χ3v) is 4.40. The van der Waals surface area contributed by atoms with Crippen LogP contribution in [0.2, 0.25) is 0 Å². The van der Waals surface area contributed by atoms with Crippen LogP contribution in [0.25, 0.3) is 0 Å². The number of carbonyl (C=O) groups excluding carboxylic acids is 1. The summed E-state index contributed by atoms with van der Waals surface area (Å²) in [6, 6.07) is 8.73. The molecule has 0 aliphatic heterocycles. The predicted octanol–water partition coefficient (Wildman–Crippen LogP) is 2.08. The first-order valence-electron chi connectivity index (χ1n) is 7.99. The van der Waals surface area contributed by atoms with Crippen LogP contribution in [0.1, 0.15) is 49.3 Å². The van der Waals surface area contributed by atoms with Gasteiger partial charge in [0.2, 0.25) is 5.91 Å². The lowest BCUT2D eigenvalue weighted by Crippen LogP contribution is -2.43. The molecule has 114 valence electrons. The highest BCUT2D eigenvalue weighted by molar-refractivity contribution is 5.79. The van der Waals surface area contributed by atoms with Crippen molar-refractivity contribution in [1.29, 1.82) is 0 Å². The summed E-state index contributed by atoms with van der Waals surface area (Å²) in [6.45, 7) is 0.576. The Balaban J connectivity index is 1.52. The van der Waals surface area contributed by atoms with Gasteiger partial charge in [0.05, 0.1) is 12.1 Å². The zero-order valence-electron chi connectivity index (χ0n) is 12.4. The van der Waals surface area contributed by atoms with Gasteiger partial charge in [0, 0.05) is 12.6 Å². The summed E-state index contributed by atoms with van der Waals surface area (Å²) >= 11 is 0. The van der Waals surface area contributed by atoms with Crippen molar-refractivity contribution in [2.75, 3.05) is 6.61 Å². The lowest BCUT2D eigenvalue weighted by molar-refractivity contribution is -0.120. The van der Waals surface area contributed by atoms with Crippen LogP contribution in [0.4, 0.5) is 0 Å². The second kappa shape index (κ2) is 6.58. The molecule has 3 rings (SSSR count). The van der Waals surface area contributed by atoms with Gasteiger partial charge in [-0.25, -0.2) is 0 Å². The molecule has 0 heterocycles. The molecule has 1 aromatic carbocycles. The van der Waals surface area contributed by atoms with E-state index in [0.717, 1.165) is 25.7 Å².